The number of amides is 1. The van der Waals surface area contributed by atoms with E-state index in [-0.39, 0.29) is 17.9 Å². The highest BCUT2D eigenvalue weighted by molar-refractivity contribution is 5.94. The predicted octanol–water partition coefficient (Wildman–Crippen LogP) is 3.16. The first kappa shape index (κ1) is 19.6. The second kappa shape index (κ2) is 8.57. The van der Waals surface area contributed by atoms with Gasteiger partial charge in [0.25, 0.3) is 5.91 Å². The first-order valence-electron chi connectivity index (χ1n) is 7.85. The van der Waals surface area contributed by atoms with Gasteiger partial charge in [0.2, 0.25) is 0 Å². The number of ether oxygens (including phenoxy) is 2. The lowest BCUT2D eigenvalue weighted by Gasteiger charge is -2.14. The van der Waals surface area contributed by atoms with Crippen LogP contribution in [0.4, 0.5) is 13.2 Å². The molecule has 0 aliphatic rings. The molecule has 0 unspecified atom stereocenters. The Morgan fingerprint density at radius 1 is 1.15 bits per heavy atom. The van der Waals surface area contributed by atoms with Crippen LogP contribution in [-0.2, 0) is 6.54 Å². The Balaban J connectivity index is 2.07. The third kappa shape index (κ3) is 5.66. The molecule has 0 aliphatic carbocycles. The van der Waals surface area contributed by atoms with Gasteiger partial charge in [-0.15, -0.1) is 13.2 Å². The van der Waals surface area contributed by atoms with Gasteiger partial charge in [-0.2, -0.15) is 0 Å². The SMILES string of the molecule is Cc1ccc(C(=O)NCc2ccccc2OC(F)(F)F)cc1OCCN. The Bertz CT molecular complexity index is 764. The van der Waals surface area contributed by atoms with Crippen LogP contribution in [0.5, 0.6) is 11.5 Å². The summed E-state index contributed by atoms with van der Waals surface area (Å²) in [5, 5.41) is 2.58. The molecular formula is C18H19F3N2O3. The zero-order chi connectivity index (χ0) is 19.2. The van der Waals surface area contributed by atoms with E-state index in [1.807, 2.05) is 6.92 Å². The van der Waals surface area contributed by atoms with Crippen molar-refractivity contribution in [1.82, 2.24) is 5.32 Å². The monoisotopic (exact) mass is 368 g/mol. The second-order valence-electron chi connectivity index (χ2n) is 5.46. The number of carbonyl (C=O) groups is 1. The molecular weight excluding hydrogens is 349 g/mol. The third-order valence-electron chi connectivity index (χ3n) is 3.46. The molecule has 0 radical (unpaired) electrons. The predicted molar refractivity (Wildman–Crippen MR) is 90.0 cm³/mol. The molecule has 0 saturated heterocycles. The maximum Gasteiger partial charge on any atom is 0.573 e. The van der Waals surface area contributed by atoms with Gasteiger partial charge in [0.1, 0.15) is 18.1 Å². The van der Waals surface area contributed by atoms with Crippen LogP contribution in [0.25, 0.3) is 0 Å². The highest BCUT2D eigenvalue weighted by Gasteiger charge is 2.32. The average Bonchev–Trinajstić information content (AvgIpc) is 2.58. The number of nitrogens with two attached hydrogens (primary N) is 1. The van der Waals surface area contributed by atoms with E-state index in [0.717, 1.165) is 5.56 Å². The van der Waals surface area contributed by atoms with Crippen molar-refractivity contribution >= 4 is 5.91 Å². The van der Waals surface area contributed by atoms with Crippen molar-refractivity contribution in [3.8, 4) is 11.5 Å². The topological polar surface area (TPSA) is 73.6 Å². The molecule has 0 aromatic heterocycles. The molecule has 26 heavy (non-hydrogen) atoms. The van der Waals surface area contributed by atoms with Crippen LogP contribution in [0.3, 0.4) is 0 Å². The molecule has 0 saturated carbocycles. The van der Waals surface area contributed by atoms with E-state index in [9.17, 15) is 18.0 Å². The summed E-state index contributed by atoms with van der Waals surface area (Å²) in [5.74, 6) is -0.260. The first-order valence-corrected chi connectivity index (χ1v) is 7.85. The number of carbonyl (C=O) groups excluding carboxylic acids is 1. The number of para-hydroxylation sites is 1. The molecule has 8 heteroatoms. The van der Waals surface area contributed by atoms with E-state index in [1.165, 1.54) is 18.2 Å². The zero-order valence-corrected chi connectivity index (χ0v) is 14.1. The molecule has 140 valence electrons. The molecule has 0 heterocycles. The quantitative estimate of drug-likeness (QED) is 0.787. The standard InChI is InChI=1S/C18H19F3N2O3/c1-12-6-7-13(10-16(12)25-9-8-22)17(24)23-11-14-4-2-3-5-15(14)26-18(19,20)21/h2-7,10H,8-9,11,22H2,1H3,(H,23,24). The number of nitrogens with one attached hydrogen (secondary N) is 1. The summed E-state index contributed by atoms with van der Waals surface area (Å²) in [4.78, 5) is 12.3. The largest absolute Gasteiger partial charge is 0.573 e. The van der Waals surface area contributed by atoms with E-state index >= 15 is 0 Å². The number of hydrogen-bond acceptors (Lipinski definition) is 4. The third-order valence-corrected chi connectivity index (χ3v) is 3.46. The average molecular weight is 368 g/mol. The molecule has 0 fully saturated rings. The maximum absolute atomic E-state index is 12.4. The van der Waals surface area contributed by atoms with Crippen LogP contribution in [-0.4, -0.2) is 25.4 Å². The summed E-state index contributed by atoms with van der Waals surface area (Å²) < 4.78 is 46.7. The van der Waals surface area contributed by atoms with Crippen molar-refractivity contribution in [3.63, 3.8) is 0 Å². The summed E-state index contributed by atoms with van der Waals surface area (Å²) in [6.07, 6.45) is -4.80. The molecule has 3 N–H and O–H groups in total. The van der Waals surface area contributed by atoms with Crippen LogP contribution in [0, 0.1) is 6.92 Å². The van der Waals surface area contributed by atoms with Crippen LogP contribution < -0.4 is 20.5 Å². The number of aryl methyl sites for hydroxylation is 1. The van der Waals surface area contributed by atoms with Gasteiger partial charge >= 0.3 is 6.36 Å². The number of hydrogen-bond donors (Lipinski definition) is 2. The fraction of sp³-hybridized carbons (Fsp3) is 0.278. The van der Waals surface area contributed by atoms with Gasteiger partial charge < -0.3 is 20.5 Å². The molecule has 2 aromatic carbocycles. The molecule has 0 bridgehead atoms. The van der Waals surface area contributed by atoms with E-state index in [0.29, 0.717) is 24.5 Å². The Morgan fingerprint density at radius 2 is 1.88 bits per heavy atom. The van der Waals surface area contributed by atoms with Gasteiger partial charge in [-0.25, -0.2) is 0 Å². The van der Waals surface area contributed by atoms with E-state index in [2.05, 4.69) is 10.1 Å². The summed E-state index contributed by atoms with van der Waals surface area (Å²) >= 11 is 0. The summed E-state index contributed by atoms with van der Waals surface area (Å²) in [5.41, 5.74) is 6.79. The van der Waals surface area contributed by atoms with Gasteiger partial charge in [-0.3, -0.25) is 4.79 Å². The Hall–Kier alpha value is -2.74. The fourth-order valence-corrected chi connectivity index (χ4v) is 2.22. The van der Waals surface area contributed by atoms with Gasteiger partial charge in [0.15, 0.2) is 0 Å². The minimum atomic E-state index is -4.80. The lowest BCUT2D eigenvalue weighted by atomic mass is 10.1. The fourth-order valence-electron chi connectivity index (χ4n) is 2.22. The number of benzene rings is 2. The van der Waals surface area contributed by atoms with E-state index < -0.39 is 12.3 Å². The van der Waals surface area contributed by atoms with E-state index in [1.54, 1.807) is 24.3 Å². The lowest BCUT2D eigenvalue weighted by Crippen LogP contribution is -2.24. The Kier molecular flexibility index (Phi) is 6.46. The van der Waals surface area contributed by atoms with Gasteiger partial charge in [0, 0.05) is 24.2 Å². The van der Waals surface area contributed by atoms with Crippen molar-refractivity contribution in [2.45, 2.75) is 19.8 Å². The van der Waals surface area contributed by atoms with Crippen molar-refractivity contribution < 1.29 is 27.4 Å². The summed E-state index contributed by atoms with van der Waals surface area (Å²) in [6, 6.07) is 10.5. The zero-order valence-electron chi connectivity index (χ0n) is 14.1. The molecule has 0 aliphatic heterocycles. The van der Waals surface area contributed by atoms with Crippen molar-refractivity contribution in [3.05, 3.63) is 59.2 Å². The normalized spacial score (nSPS) is 11.1. The molecule has 1 amide bonds. The van der Waals surface area contributed by atoms with Crippen LogP contribution in [0.1, 0.15) is 21.5 Å². The minimum absolute atomic E-state index is 0.113. The van der Waals surface area contributed by atoms with Gasteiger partial charge in [-0.1, -0.05) is 24.3 Å². The molecule has 2 aromatic rings. The van der Waals surface area contributed by atoms with Crippen molar-refractivity contribution in [2.75, 3.05) is 13.2 Å². The van der Waals surface area contributed by atoms with Crippen LogP contribution in [0.2, 0.25) is 0 Å². The summed E-state index contributed by atoms with van der Waals surface area (Å²) in [7, 11) is 0. The minimum Gasteiger partial charge on any atom is -0.492 e. The highest BCUT2D eigenvalue weighted by Crippen LogP contribution is 2.26. The molecule has 0 atom stereocenters. The maximum atomic E-state index is 12.4. The Morgan fingerprint density at radius 3 is 2.58 bits per heavy atom. The van der Waals surface area contributed by atoms with E-state index in [4.69, 9.17) is 10.5 Å². The van der Waals surface area contributed by atoms with Gasteiger partial charge in [-0.05, 0) is 30.7 Å². The van der Waals surface area contributed by atoms with Crippen LogP contribution in [0.15, 0.2) is 42.5 Å². The highest BCUT2D eigenvalue weighted by atomic mass is 19.4. The Labute approximate surface area is 148 Å². The summed E-state index contributed by atoms with van der Waals surface area (Å²) in [6.45, 7) is 2.37. The van der Waals surface area contributed by atoms with Crippen molar-refractivity contribution in [1.29, 1.82) is 0 Å². The number of halogens is 3. The molecule has 2 rings (SSSR count). The molecule has 5 nitrogen and oxygen atoms in total. The molecule has 0 spiro atoms. The van der Waals surface area contributed by atoms with Gasteiger partial charge in [0.05, 0.1) is 0 Å². The van der Waals surface area contributed by atoms with Crippen LogP contribution >= 0.6 is 0 Å². The number of rotatable bonds is 7. The lowest BCUT2D eigenvalue weighted by molar-refractivity contribution is -0.274. The first-order chi connectivity index (χ1) is 12.3. The number of alkyl halides is 3. The van der Waals surface area contributed by atoms with Crippen molar-refractivity contribution in [2.24, 2.45) is 5.73 Å². The second-order valence-corrected chi connectivity index (χ2v) is 5.46. The smallest absolute Gasteiger partial charge is 0.492 e.